The number of methoxy groups -OCH3 is 1. The number of nitrogens with one attached hydrogen (secondary N) is 1. The predicted molar refractivity (Wildman–Crippen MR) is 79.8 cm³/mol. The Morgan fingerprint density at radius 3 is 2.47 bits per heavy atom. The van der Waals surface area contributed by atoms with Crippen LogP contribution in [0.4, 0.5) is 0 Å². The van der Waals surface area contributed by atoms with E-state index >= 15 is 0 Å². The van der Waals surface area contributed by atoms with Crippen LogP contribution in [0.3, 0.4) is 0 Å². The average Bonchev–Trinajstić information content (AvgIpc) is 2.45. The average molecular weight is 265 g/mol. The summed E-state index contributed by atoms with van der Waals surface area (Å²) in [6, 6.07) is 8.36. The Kier molecular flexibility index (Phi) is 8.26. The van der Waals surface area contributed by atoms with E-state index in [1.54, 1.807) is 7.11 Å². The van der Waals surface area contributed by atoms with Crippen LogP contribution in [0.1, 0.15) is 25.8 Å². The first-order valence-corrected chi connectivity index (χ1v) is 7.21. The minimum absolute atomic E-state index is 0.625. The zero-order valence-corrected chi connectivity index (χ0v) is 12.4. The molecule has 1 aromatic carbocycles. The monoisotopic (exact) mass is 265 g/mol. The minimum atomic E-state index is 0.625. The molecule has 0 saturated heterocycles. The van der Waals surface area contributed by atoms with E-state index in [0.717, 1.165) is 44.9 Å². The van der Waals surface area contributed by atoms with Gasteiger partial charge in [-0.15, -0.1) is 0 Å². The van der Waals surface area contributed by atoms with Crippen LogP contribution >= 0.6 is 0 Å². The van der Waals surface area contributed by atoms with Crippen LogP contribution in [0.25, 0.3) is 0 Å². The molecule has 1 N–H and O–H groups in total. The summed E-state index contributed by atoms with van der Waals surface area (Å²) in [7, 11) is 1.70. The van der Waals surface area contributed by atoms with Gasteiger partial charge in [-0.05, 0) is 56.5 Å². The van der Waals surface area contributed by atoms with Crippen molar-refractivity contribution >= 4 is 0 Å². The summed E-state index contributed by atoms with van der Waals surface area (Å²) in [5.74, 6) is 1.54. The molecule has 0 fully saturated rings. The fourth-order valence-electron chi connectivity index (χ4n) is 2.11. The van der Waals surface area contributed by atoms with Crippen LogP contribution in [0.15, 0.2) is 24.3 Å². The first kappa shape index (κ1) is 16.0. The van der Waals surface area contributed by atoms with Gasteiger partial charge in [0.15, 0.2) is 0 Å². The lowest BCUT2D eigenvalue weighted by molar-refractivity contribution is 0.131. The van der Waals surface area contributed by atoms with E-state index in [-0.39, 0.29) is 0 Å². The third kappa shape index (κ3) is 6.60. The molecular weight excluding hydrogens is 238 g/mol. The molecule has 0 bridgehead atoms. The van der Waals surface area contributed by atoms with Crippen LogP contribution in [0.5, 0.6) is 5.75 Å². The molecule has 0 radical (unpaired) electrons. The molecule has 108 valence electrons. The summed E-state index contributed by atoms with van der Waals surface area (Å²) < 4.78 is 10.7. The van der Waals surface area contributed by atoms with Crippen molar-refractivity contribution in [3.8, 4) is 5.75 Å². The van der Waals surface area contributed by atoms with Gasteiger partial charge in [-0.3, -0.25) is 0 Å². The van der Waals surface area contributed by atoms with Gasteiger partial charge in [-0.1, -0.05) is 19.1 Å². The summed E-state index contributed by atoms with van der Waals surface area (Å²) in [4.78, 5) is 0. The molecule has 0 aliphatic heterocycles. The standard InChI is InChI=1S/C16H27NO2/c1-4-17-13-15(10-11-19-5-2)12-14-6-8-16(18-3)9-7-14/h6-9,15,17H,4-5,10-13H2,1-3H3. The minimum Gasteiger partial charge on any atom is -0.497 e. The van der Waals surface area contributed by atoms with Crippen molar-refractivity contribution < 1.29 is 9.47 Å². The topological polar surface area (TPSA) is 30.5 Å². The van der Waals surface area contributed by atoms with Crippen molar-refractivity contribution in [2.45, 2.75) is 26.7 Å². The quantitative estimate of drug-likeness (QED) is 0.660. The Labute approximate surface area is 117 Å². The van der Waals surface area contributed by atoms with E-state index in [1.807, 2.05) is 19.1 Å². The van der Waals surface area contributed by atoms with Gasteiger partial charge in [0.25, 0.3) is 0 Å². The lowest BCUT2D eigenvalue weighted by Crippen LogP contribution is -2.25. The van der Waals surface area contributed by atoms with Gasteiger partial charge in [0.2, 0.25) is 0 Å². The van der Waals surface area contributed by atoms with E-state index < -0.39 is 0 Å². The summed E-state index contributed by atoms with van der Waals surface area (Å²) in [5, 5.41) is 3.44. The zero-order valence-electron chi connectivity index (χ0n) is 12.4. The van der Waals surface area contributed by atoms with Crippen molar-refractivity contribution in [1.29, 1.82) is 0 Å². The number of rotatable bonds is 10. The summed E-state index contributed by atoms with van der Waals surface area (Å²) in [6.45, 7) is 7.91. The number of benzene rings is 1. The fraction of sp³-hybridized carbons (Fsp3) is 0.625. The molecule has 1 rings (SSSR count). The Bertz CT molecular complexity index is 324. The Morgan fingerprint density at radius 1 is 1.16 bits per heavy atom. The lowest BCUT2D eigenvalue weighted by Gasteiger charge is -2.17. The second kappa shape index (κ2) is 9.82. The maximum atomic E-state index is 5.47. The highest BCUT2D eigenvalue weighted by molar-refractivity contribution is 5.27. The van der Waals surface area contributed by atoms with Gasteiger partial charge in [0, 0.05) is 13.2 Å². The molecule has 3 heteroatoms. The maximum absolute atomic E-state index is 5.47. The second-order valence-corrected chi connectivity index (χ2v) is 4.71. The van der Waals surface area contributed by atoms with Crippen molar-refractivity contribution in [1.82, 2.24) is 5.32 Å². The second-order valence-electron chi connectivity index (χ2n) is 4.71. The largest absolute Gasteiger partial charge is 0.497 e. The molecule has 1 aromatic rings. The van der Waals surface area contributed by atoms with Crippen LogP contribution < -0.4 is 10.1 Å². The van der Waals surface area contributed by atoms with Gasteiger partial charge in [0.05, 0.1) is 7.11 Å². The maximum Gasteiger partial charge on any atom is 0.118 e. The molecule has 1 unspecified atom stereocenters. The third-order valence-corrected chi connectivity index (χ3v) is 3.24. The van der Waals surface area contributed by atoms with Crippen LogP contribution in [0, 0.1) is 5.92 Å². The van der Waals surface area contributed by atoms with Crippen LogP contribution in [0.2, 0.25) is 0 Å². The first-order valence-electron chi connectivity index (χ1n) is 7.21. The van der Waals surface area contributed by atoms with Crippen molar-refractivity contribution in [3.05, 3.63) is 29.8 Å². The Balaban J connectivity index is 2.48. The smallest absolute Gasteiger partial charge is 0.118 e. The highest BCUT2D eigenvalue weighted by atomic mass is 16.5. The third-order valence-electron chi connectivity index (χ3n) is 3.24. The normalized spacial score (nSPS) is 12.4. The fourth-order valence-corrected chi connectivity index (χ4v) is 2.11. The highest BCUT2D eigenvalue weighted by Gasteiger charge is 2.09. The Hall–Kier alpha value is -1.06. The number of ether oxygens (including phenoxy) is 2. The number of hydrogen-bond donors (Lipinski definition) is 1. The predicted octanol–water partition coefficient (Wildman–Crippen LogP) is 2.89. The molecule has 0 aliphatic carbocycles. The van der Waals surface area contributed by atoms with Gasteiger partial charge < -0.3 is 14.8 Å². The van der Waals surface area contributed by atoms with Crippen molar-refractivity contribution in [2.75, 3.05) is 33.4 Å². The van der Waals surface area contributed by atoms with Crippen molar-refractivity contribution in [2.24, 2.45) is 5.92 Å². The van der Waals surface area contributed by atoms with Gasteiger partial charge >= 0.3 is 0 Å². The summed E-state index contributed by atoms with van der Waals surface area (Å²) >= 11 is 0. The lowest BCUT2D eigenvalue weighted by atomic mass is 9.96. The van der Waals surface area contributed by atoms with E-state index in [9.17, 15) is 0 Å². The van der Waals surface area contributed by atoms with Gasteiger partial charge in [0.1, 0.15) is 5.75 Å². The molecule has 0 saturated carbocycles. The zero-order chi connectivity index (χ0) is 13.9. The molecule has 3 nitrogen and oxygen atoms in total. The SMILES string of the molecule is CCNCC(CCOCC)Cc1ccc(OC)cc1. The van der Waals surface area contributed by atoms with E-state index in [4.69, 9.17) is 9.47 Å². The van der Waals surface area contributed by atoms with E-state index in [2.05, 4.69) is 24.4 Å². The van der Waals surface area contributed by atoms with Crippen molar-refractivity contribution in [3.63, 3.8) is 0 Å². The molecule has 19 heavy (non-hydrogen) atoms. The van der Waals surface area contributed by atoms with Crippen LogP contribution in [-0.4, -0.2) is 33.4 Å². The molecule has 0 spiro atoms. The highest BCUT2D eigenvalue weighted by Crippen LogP contribution is 2.16. The molecule has 0 aliphatic rings. The summed E-state index contributed by atoms with van der Waals surface area (Å²) in [5.41, 5.74) is 1.36. The molecule has 1 atom stereocenters. The van der Waals surface area contributed by atoms with Crippen LogP contribution in [-0.2, 0) is 11.2 Å². The first-order chi connectivity index (χ1) is 9.30. The molecule has 0 heterocycles. The van der Waals surface area contributed by atoms with Gasteiger partial charge in [-0.25, -0.2) is 0 Å². The molecular formula is C16H27NO2. The van der Waals surface area contributed by atoms with Gasteiger partial charge in [-0.2, -0.15) is 0 Å². The molecule has 0 aromatic heterocycles. The van der Waals surface area contributed by atoms with E-state index in [0.29, 0.717) is 5.92 Å². The number of hydrogen-bond acceptors (Lipinski definition) is 3. The molecule has 0 amide bonds. The van der Waals surface area contributed by atoms with E-state index in [1.165, 1.54) is 5.56 Å². The summed E-state index contributed by atoms with van der Waals surface area (Å²) in [6.07, 6.45) is 2.19. The Morgan fingerprint density at radius 2 is 1.89 bits per heavy atom.